The van der Waals surface area contributed by atoms with Crippen LogP contribution in [0.2, 0.25) is 0 Å². The average Bonchev–Trinajstić information content (AvgIpc) is 2.77. The zero-order valence-electron chi connectivity index (χ0n) is 17.3. The summed E-state index contributed by atoms with van der Waals surface area (Å²) in [4.78, 5) is 16.7. The lowest BCUT2D eigenvalue weighted by Crippen LogP contribution is -2.37. The number of para-hydroxylation sites is 1. The molecule has 3 rings (SSSR count). The van der Waals surface area contributed by atoms with Crippen LogP contribution in [0.5, 0.6) is 0 Å². The Labute approximate surface area is 173 Å². The molecule has 2 aromatic rings. The summed E-state index contributed by atoms with van der Waals surface area (Å²) in [6.07, 6.45) is 1.90. The number of nitrogens with one attached hydrogen (secondary N) is 2. The summed E-state index contributed by atoms with van der Waals surface area (Å²) in [6, 6.07) is 18.2. The lowest BCUT2D eigenvalue weighted by Gasteiger charge is -2.26. The third kappa shape index (κ3) is 7.40. The summed E-state index contributed by atoms with van der Waals surface area (Å²) in [6.45, 7) is 6.28. The third-order valence-corrected chi connectivity index (χ3v) is 5.19. The Kier molecular flexibility index (Phi) is 8.34. The quantitative estimate of drug-likeness (QED) is 0.639. The minimum absolute atomic E-state index is 0.159. The van der Waals surface area contributed by atoms with Gasteiger partial charge in [0.05, 0.1) is 13.2 Å². The number of ether oxygens (including phenoxy) is 1. The van der Waals surface area contributed by atoms with Gasteiger partial charge in [-0.25, -0.2) is 4.79 Å². The van der Waals surface area contributed by atoms with E-state index in [1.165, 1.54) is 11.3 Å². The minimum atomic E-state index is -0.159. The standard InChI is InChI=1S/C23H32N4O2/c1-26(22-6-3-2-4-7-22)14-5-13-24-23(28)25-21-10-8-20(9-11-21)12-15-27-16-18-29-19-17-27/h2-4,6-11H,5,12-19H2,1H3,(H2,24,25,28). The highest BCUT2D eigenvalue weighted by molar-refractivity contribution is 5.89. The molecule has 6 nitrogen and oxygen atoms in total. The monoisotopic (exact) mass is 396 g/mol. The van der Waals surface area contributed by atoms with Crippen molar-refractivity contribution < 1.29 is 9.53 Å². The topological polar surface area (TPSA) is 56.8 Å². The maximum absolute atomic E-state index is 12.1. The van der Waals surface area contributed by atoms with Gasteiger partial charge in [-0.05, 0) is 42.7 Å². The first kappa shape index (κ1) is 21.1. The average molecular weight is 397 g/mol. The van der Waals surface area contributed by atoms with Gasteiger partial charge in [-0.3, -0.25) is 4.90 Å². The number of anilines is 2. The van der Waals surface area contributed by atoms with Crippen molar-refractivity contribution in [1.82, 2.24) is 10.2 Å². The van der Waals surface area contributed by atoms with E-state index in [-0.39, 0.29) is 6.03 Å². The molecule has 1 saturated heterocycles. The molecule has 0 aromatic heterocycles. The maximum Gasteiger partial charge on any atom is 0.319 e. The van der Waals surface area contributed by atoms with Crippen LogP contribution in [0.25, 0.3) is 0 Å². The second-order valence-electron chi connectivity index (χ2n) is 7.39. The van der Waals surface area contributed by atoms with Gasteiger partial charge in [0.2, 0.25) is 0 Å². The lowest BCUT2D eigenvalue weighted by atomic mass is 10.1. The predicted octanol–water partition coefficient (Wildman–Crippen LogP) is 3.21. The molecule has 6 heteroatoms. The molecular formula is C23H32N4O2. The Bertz CT molecular complexity index is 730. The summed E-state index contributed by atoms with van der Waals surface area (Å²) < 4.78 is 5.38. The fourth-order valence-corrected chi connectivity index (χ4v) is 3.37. The number of nitrogens with zero attached hydrogens (tertiary/aromatic N) is 2. The van der Waals surface area contributed by atoms with E-state index in [9.17, 15) is 4.79 Å². The zero-order valence-corrected chi connectivity index (χ0v) is 17.3. The molecular weight excluding hydrogens is 364 g/mol. The van der Waals surface area contributed by atoms with Crippen LogP contribution >= 0.6 is 0 Å². The van der Waals surface area contributed by atoms with Crippen molar-refractivity contribution in [2.24, 2.45) is 0 Å². The van der Waals surface area contributed by atoms with E-state index in [1.807, 2.05) is 30.3 Å². The molecule has 1 aliphatic heterocycles. The number of hydrogen-bond acceptors (Lipinski definition) is 4. The van der Waals surface area contributed by atoms with Crippen LogP contribution in [-0.4, -0.2) is 63.9 Å². The molecule has 1 heterocycles. The van der Waals surface area contributed by atoms with Crippen LogP contribution in [0.3, 0.4) is 0 Å². The first-order valence-corrected chi connectivity index (χ1v) is 10.4. The fourth-order valence-electron chi connectivity index (χ4n) is 3.37. The molecule has 2 aromatic carbocycles. The van der Waals surface area contributed by atoms with E-state index in [0.717, 1.165) is 57.9 Å². The molecule has 0 bridgehead atoms. The van der Waals surface area contributed by atoms with E-state index in [2.05, 4.69) is 51.7 Å². The van der Waals surface area contributed by atoms with Gasteiger partial charge in [-0.15, -0.1) is 0 Å². The Morgan fingerprint density at radius 1 is 1.07 bits per heavy atom. The number of carbonyl (C=O) groups is 1. The Morgan fingerprint density at radius 3 is 2.52 bits per heavy atom. The van der Waals surface area contributed by atoms with E-state index < -0.39 is 0 Å². The summed E-state index contributed by atoms with van der Waals surface area (Å²) in [5.41, 5.74) is 3.29. The summed E-state index contributed by atoms with van der Waals surface area (Å²) in [5.74, 6) is 0. The van der Waals surface area contributed by atoms with Gasteiger partial charge in [-0.2, -0.15) is 0 Å². The summed E-state index contributed by atoms with van der Waals surface area (Å²) in [5, 5.41) is 5.83. The van der Waals surface area contributed by atoms with Crippen LogP contribution in [0.4, 0.5) is 16.2 Å². The molecule has 0 unspecified atom stereocenters. The molecule has 0 spiro atoms. The van der Waals surface area contributed by atoms with Crippen molar-refractivity contribution in [2.45, 2.75) is 12.8 Å². The summed E-state index contributed by atoms with van der Waals surface area (Å²) in [7, 11) is 2.07. The van der Waals surface area contributed by atoms with E-state index in [1.54, 1.807) is 0 Å². The summed E-state index contributed by atoms with van der Waals surface area (Å²) >= 11 is 0. The number of amides is 2. The number of hydrogen-bond donors (Lipinski definition) is 2. The first-order chi connectivity index (χ1) is 14.2. The van der Waals surface area contributed by atoms with Crippen LogP contribution < -0.4 is 15.5 Å². The highest BCUT2D eigenvalue weighted by Crippen LogP contribution is 2.12. The molecule has 1 fully saturated rings. The third-order valence-electron chi connectivity index (χ3n) is 5.19. The van der Waals surface area contributed by atoms with Gasteiger partial charge < -0.3 is 20.3 Å². The van der Waals surface area contributed by atoms with Crippen LogP contribution in [-0.2, 0) is 11.2 Å². The molecule has 2 amide bonds. The fraction of sp³-hybridized carbons (Fsp3) is 0.435. The van der Waals surface area contributed by atoms with Crippen molar-refractivity contribution in [3.8, 4) is 0 Å². The second-order valence-corrected chi connectivity index (χ2v) is 7.39. The SMILES string of the molecule is CN(CCCNC(=O)Nc1ccc(CCN2CCOCC2)cc1)c1ccccc1. The number of benzene rings is 2. The highest BCUT2D eigenvalue weighted by atomic mass is 16.5. The van der Waals surface area contributed by atoms with Gasteiger partial charge in [-0.1, -0.05) is 30.3 Å². The normalized spacial score (nSPS) is 14.4. The second kappa shape index (κ2) is 11.4. The van der Waals surface area contributed by atoms with Gasteiger partial charge in [0.15, 0.2) is 0 Å². The van der Waals surface area contributed by atoms with E-state index in [4.69, 9.17) is 4.74 Å². The lowest BCUT2D eigenvalue weighted by molar-refractivity contribution is 0.0384. The number of morpholine rings is 1. The van der Waals surface area contributed by atoms with Crippen LogP contribution in [0, 0.1) is 0 Å². The smallest absolute Gasteiger partial charge is 0.319 e. The first-order valence-electron chi connectivity index (χ1n) is 10.4. The predicted molar refractivity (Wildman–Crippen MR) is 119 cm³/mol. The molecule has 29 heavy (non-hydrogen) atoms. The Balaban J connectivity index is 1.31. The van der Waals surface area contributed by atoms with Gasteiger partial charge >= 0.3 is 6.03 Å². The van der Waals surface area contributed by atoms with Crippen molar-refractivity contribution in [1.29, 1.82) is 0 Å². The zero-order chi connectivity index (χ0) is 20.3. The van der Waals surface area contributed by atoms with Gasteiger partial charge in [0.1, 0.15) is 0 Å². The molecule has 0 aliphatic carbocycles. The number of rotatable bonds is 9. The number of carbonyl (C=O) groups excluding carboxylic acids is 1. The molecule has 0 atom stereocenters. The van der Waals surface area contributed by atoms with Gasteiger partial charge in [0.25, 0.3) is 0 Å². The van der Waals surface area contributed by atoms with Crippen molar-refractivity contribution in [2.75, 3.05) is 63.2 Å². The molecule has 1 aliphatic rings. The largest absolute Gasteiger partial charge is 0.379 e. The van der Waals surface area contributed by atoms with Crippen LogP contribution in [0.15, 0.2) is 54.6 Å². The van der Waals surface area contributed by atoms with Gasteiger partial charge in [0, 0.05) is 51.1 Å². The molecule has 2 N–H and O–H groups in total. The van der Waals surface area contributed by atoms with E-state index in [0.29, 0.717) is 6.54 Å². The Hall–Kier alpha value is -2.57. The molecule has 0 radical (unpaired) electrons. The van der Waals surface area contributed by atoms with Crippen molar-refractivity contribution in [3.05, 3.63) is 60.2 Å². The molecule has 0 saturated carbocycles. The van der Waals surface area contributed by atoms with Crippen LogP contribution in [0.1, 0.15) is 12.0 Å². The Morgan fingerprint density at radius 2 is 1.79 bits per heavy atom. The van der Waals surface area contributed by atoms with Crippen molar-refractivity contribution >= 4 is 17.4 Å². The maximum atomic E-state index is 12.1. The minimum Gasteiger partial charge on any atom is -0.379 e. The number of urea groups is 1. The highest BCUT2D eigenvalue weighted by Gasteiger charge is 2.10. The van der Waals surface area contributed by atoms with Crippen molar-refractivity contribution in [3.63, 3.8) is 0 Å². The molecule has 156 valence electrons. The van der Waals surface area contributed by atoms with E-state index >= 15 is 0 Å².